The maximum absolute atomic E-state index is 9.63. The van der Waals surface area contributed by atoms with Gasteiger partial charge in [0.05, 0.1) is 18.3 Å². The number of nitrogens with zero attached hydrogens (tertiary/aromatic N) is 2. The number of rotatable bonds is 5. The van der Waals surface area contributed by atoms with Crippen molar-refractivity contribution in [2.45, 2.75) is 51.3 Å². The van der Waals surface area contributed by atoms with Crippen LogP contribution in [0, 0.1) is 0 Å². The molecule has 3 N–H and O–H groups in total. The molecule has 0 bridgehead atoms. The molecule has 0 radical (unpaired) electrons. The van der Waals surface area contributed by atoms with Crippen molar-refractivity contribution in [2.75, 3.05) is 6.54 Å². The average molecular weight is 359 g/mol. The molecule has 1 saturated carbocycles. The Morgan fingerprint density at radius 1 is 1.24 bits per heavy atom. The van der Waals surface area contributed by atoms with Gasteiger partial charge < -0.3 is 15.7 Å². The third kappa shape index (κ3) is 5.28. The molecular weight excluding hydrogens is 332 g/mol. The van der Waals surface area contributed by atoms with Crippen LogP contribution in [-0.2, 0) is 6.54 Å². The van der Waals surface area contributed by atoms with E-state index in [1.807, 2.05) is 18.2 Å². The summed E-state index contributed by atoms with van der Waals surface area (Å²) in [6.07, 6.45) is 3.57. The Balaban J connectivity index is 1.60. The van der Waals surface area contributed by atoms with Crippen molar-refractivity contribution in [3.05, 3.63) is 41.4 Å². The molecule has 0 atom stereocenters. The van der Waals surface area contributed by atoms with Crippen LogP contribution in [0.2, 0.25) is 0 Å². The van der Waals surface area contributed by atoms with E-state index < -0.39 is 0 Å². The molecule has 25 heavy (non-hydrogen) atoms. The van der Waals surface area contributed by atoms with Crippen LogP contribution in [0.15, 0.2) is 40.7 Å². The highest BCUT2D eigenvalue weighted by Crippen LogP contribution is 2.23. The lowest BCUT2D eigenvalue weighted by Crippen LogP contribution is -2.45. The monoisotopic (exact) mass is 358 g/mol. The van der Waals surface area contributed by atoms with Gasteiger partial charge >= 0.3 is 0 Å². The van der Waals surface area contributed by atoms with Gasteiger partial charge in [0.25, 0.3) is 0 Å². The fraction of sp³-hybridized carbons (Fsp3) is 0.474. The van der Waals surface area contributed by atoms with Gasteiger partial charge in [-0.25, -0.2) is 9.98 Å². The van der Waals surface area contributed by atoms with E-state index in [0.717, 1.165) is 54.5 Å². The van der Waals surface area contributed by atoms with Crippen LogP contribution in [0.3, 0.4) is 0 Å². The summed E-state index contributed by atoms with van der Waals surface area (Å²) in [5.41, 5.74) is 2.13. The molecule has 6 heteroatoms. The second-order valence-electron chi connectivity index (χ2n) is 6.35. The predicted molar refractivity (Wildman–Crippen MR) is 104 cm³/mol. The fourth-order valence-electron chi connectivity index (χ4n) is 2.99. The van der Waals surface area contributed by atoms with E-state index >= 15 is 0 Å². The molecule has 0 saturated heterocycles. The Kier molecular flexibility index (Phi) is 6.42. The number of hydrogen-bond donors (Lipinski definition) is 3. The molecule has 2 aromatic rings. The molecule has 3 rings (SSSR count). The zero-order valence-corrected chi connectivity index (χ0v) is 15.4. The zero-order valence-electron chi connectivity index (χ0n) is 14.6. The topological polar surface area (TPSA) is 69.5 Å². The van der Waals surface area contributed by atoms with Crippen molar-refractivity contribution in [3.8, 4) is 10.6 Å². The smallest absolute Gasteiger partial charge is 0.191 e. The molecule has 0 aliphatic heterocycles. The molecule has 1 aromatic heterocycles. The summed E-state index contributed by atoms with van der Waals surface area (Å²) in [7, 11) is 0. The van der Waals surface area contributed by atoms with E-state index in [1.54, 1.807) is 11.3 Å². The minimum absolute atomic E-state index is 0.135. The molecule has 0 spiro atoms. The average Bonchev–Trinajstić information content (AvgIpc) is 3.12. The number of aliphatic hydroxyl groups excluding tert-OH is 1. The van der Waals surface area contributed by atoms with E-state index in [4.69, 9.17) is 4.98 Å². The highest BCUT2D eigenvalue weighted by molar-refractivity contribution is 7.13. The number of guanidine groups is 1. The van der Waals surface area contributed by atoms with E-state index in [0.29, 0.717) is 12.6 Å². The molecule has 1 fully saturated rings. The highest BCUT2D eigenvalue weighted by atomic mass is 32.1. The second-order valence-corrected chi connectivity index (χ2v) is 7.21. The third-order valence-corrected chi connectivity index (χ3v) is 5.29. The first-order chi connectivity index (χ1) is 12.2. The summed E-state index contributed by atoms with van der Waals surface area (Å²) in [6.45, 7) is 3.46. The number of aliphatic hydroxyl groups is 1. The van der Waals surface area contributed by atoms with Gasteiger partial charge in [-0.3, -0.25) is 0 Å². The van der Waals surface area contributed by atoms with E-state index in [9.17, 15) is 5.11 Å². The van der Waals surface area contributed by atoms with Crippen molar-refractivity contribution in [1.29, 1.82) is 0 Å². The van der Waals surface area contributed by atoms with Gasteiger partial charge in [-0.05, 0) is 32.6 Å². The second kappa shape index (κ2) is 8.97. The summed E-state index contributed by atoms with van der Waals surface area (Å²) in [6, 6.07) is 10.6. The lowest BCUT2D eigenvalue weighted by Gasteiger charge is -2.27. The Hall–Kier alpha value is -1.92. The predicted octanol–water partition coefficient (Wildman–Crippen LogP) is 3.17. The van der Waals surface area contributed by atoms with Crippen LogP contribution in [0.1, 0.15) is 38.3 Å². The van der Waals surface area contributed by atoms with Crippen molar-refractivity contribution < 1.29 is 5.11 Å². The van der Waals surface area contributed by atoms with E-state index in [2.05, 4.69) is 40.1 Å². The number of aliphatic imine (C=N–C) groups is 1. The first kappa shape index (κ1) is 17.9. The molecule has 0 amide bonds. The first-order valence-corrected chi connectivity index (χ1v) is 9.85. The van der Waals surface area contributed by atoms with Crippen molar-refractivity contribution >= 4 is 17.3 Å². The molecule has 1 heterocycles. The first-order valence-electron chi connectivity index (χ1n) is 8.97. The standard InChI is InChI=1S/C19H26N4OS/c1-2-20-19(23-15-8-10-17(24)11-9-15)21-12-16-13-25-18(22-16)14-6-4-3-5-7-14/h3-7,13,15,17,24H,2,8-12H2,1H3,(H2,20,21,23). The van der Waals surface area contributed by atoms with Gasteiger partial charge in [0, 0.05) is 23.5 Å². The van der Waals surface area contributed by atoms with Crippen LogP contribution in [-0.4, -0.2) is 34.7 Å². The van der Waals surface area contributed by atoms with Gasteiger partial charge in [0.1, 0.15) is 5.01 Å². The molecular formula is C19H26N4OS. The summed E-state index contributed by atoms with van der Waals surface area (Å²) in [5.74, 6) is 0.832. The summed E-state index contributed by atoms with van der Waals surface area (Å²) >= 11 is 1.65. The summed E-state index contributed by atoms with van der Waals surface area (Å²) in [5, 5.41) is 19.5. The number of aromatic nitrogens is 1. The van der Waals surface area contributed by atoms with Gasteiger partial charge in [-0.15, -0.1) is 11.3 Å². The summed E-state index contributed by atoms with van der Waals surface area (Å²) in [4.78, 5) is 9.37. The lowest BCUT2D eigenvalue weighted by atomic mass is 9.93. The van der Waals surface area contributed by atoms with Crippen LogP contribution in [0.25, 0.3) is 10.6 Å². The maximum atomic E-state index is 9.63. The number of thiazole rings is 1. The maximum Gasteiger partial charge on any atom is 0.191 e. The van der Waals surface area contributed by atoms with Gasteiger partial charge in [0.2, 0.25) is 0 Å². The number of nitrogens with one attached hydrogen (secondary N) is 2. The minimum atomic E-state index is -0.135. The number of benzene rings is 1. The molecule has 1 aliphatic rings. The van der Waals surface area contributed by atoms with Gasteiger partial charge in [0.15, 0.2) is 5.96 Å². The zero-order chi connectivity index (χ0) is 17.5. The molecule has 0 unspecified atom stereocenters. The van der Waals surface area contributed by atoms with Crippen LogP contribution < -0.4 is 10.6 Å². The van der Waals surface area contributed by atoms with Crippen LogP contribution in [0.4, 0.5) is 0 Å². The Bertz CT molecular complexity index is 678. The Labute approximate surface area is 153 Å². The quantitative estimate of drug-likeness (QED) is 0.567. The van der Waals surface area contributed by atoms with Crippen molar-refractivity contribution in [3.63, 3.8) is 0 Å². The number of hydrogen-bond acceptors (Lipinski definition) is 4. The Morgan fingerprint density at radius 2 is 2.00 bits per heavy atom. The third-order valence-electron chi connectivity index (χ3n) is 4.35. The lowest BCUT2D eigenvalue weighted by molar-refractivity contribution is 0.120. The molecule has 1 aromatic carbocycles. The van der Waals surface area contributed by atoms with Crippen molar-refractivity contribution in [2.24, 2.45) is 4.99 Å². The van der Waals surface area contributed by atoms with E-state index in [-0.39, 0.29) is 6.10 Å². The highest BCUT2D eigenvalue weighted by Gasteiger charge is 2.20. The van der Waals surface area contributed by atoms with Gasteiger partial charge in [-0.1, -0.05) is 30.3 Å². The van der Waals surface area contributed by atoms with Crippen LogP contribution >= 0.6 is 11.3 Å². The van der Waals surface area contributed by atoms with Crippen molar-refractivity contribution in [1.82, 2.24) is 15.6 Å². The molecule has 1 aliphatic carbocycles. The largest absolute Gasteiger partial charge is 0.393 e. The normalized spacial score (nSPS) is 21.1. The van der Waals surface area contributed by atoms with E-state index in [1.165, 1.54) is 0 Å². The molecule has 134 valence electrons. The summed E-state index contributed by atoms with van der Waals surface area (Å²) < 4.78 is 0. The molecule has 5 nitrogen and oxygen atoms in total. The SMILES string of the molecule is CCNC(=NCc1csc(-c2ccccc2)n1)NC1CCC(O)CC1. The Morgan fingerprint density at radius 3 is 2.72 bits per heavy atom. The van der Waals surface area contributed by atoms with Gasteiger partial charge in [-0.2, -0.15) is 0 Å². The van der Waals surface area contributed by atoms with Crippen LogP contribution in [0.5, 0.6) is 0 Å². The minimum Gasteiger partial charge on any atom is -0.393 e. The fourth-order valence-corrected chi connectivity index (χ4v) is 3.80.